The molecule has 9 nitrogen and oxygen atoms in total. The van der Waals surface area contributed by atoms with Crippen LogP contribution in [0.3, 0.4) is 0 Å². The average molecular weight is 634 g/mol. The molecule has 3 unspecified atom stereocenters. The molecule has 5 aliphatic carbocycles. The van der Waals surface area contributed by atoms with E-state index in [4.69, 9.17) is 14.2 Å². The molecule has 2 aliphatic heterocycles. The predicted octanol–water partition coefficient (Wildman–Crippen LogP) is 2.29. The molecule has 0 aromatic rings. The van der Waals surface area contributed by atoms with Crippen molar-refractivity contribution in [3.8, 4) is 0 Å². The quantitative estimate of drug-likeness (QED) is 0.294. The van der Waals surface area contributed by atoms with Gasteiger partial charge >= 0.3 is 0 Å². The molecule has 0 radical (unpaired) electrons. The van der Waals surface area contributed by atoms with E-state index in [9.17, 15) is 30.6 Å². The number of ether oxygens (including phenoxy) is 3. The fraction of sp³-hybridized carbons (Fsp3) is 0.944. The van der Waals surface area contributed by atoms with E-state index in [-0.39, 0.29) is 51.4 Å². The van der Waals surface area contributed by atoms with Gasteiger partial charge < -0.3 is 44.8 Å². The summed E-state index contributed by atoms with van der Waals surface area (Å²) < 4.78 is 18.7. The highest BCUT2D eigenvalue weighted by atomic mass is 16.7. The largest absolute Gasteiger partial charge is 0.829 e. The molecule has 5 N–H and O–H groups in total. The maximum atomic E-state index is 12.9. The monoisotopic (exact) mass is 633 g/mol. The van der Waals surface area contributed by atoms with E-state index >= 15 is 0 Å². The zero-order valence-electron chi connectivity index (χ0n) is 28.1. The number of aliphatic hydroxyl groups excluding tert-OH is 5. The second-order valence-corrected chi connectivity index (χ2v) is 18.1. The maximum Gasteiger partial charge on any atom is 0.111 e. The normalized spacial score (nSPS) is 59.9. The molecule has 0 amide bonds. The van der Waals surface area contributed by atoms with Gasteiger partial charge in [0.1, 0.15) is 18.3 Å². The van der Waals surface area contributed by atoms with E-state index in [1.165, 1.54) is 0 Å². The number of allylic oxidation sites excluding steroid dienone is 1. The van der Waals surface area contributed by atoms with E-state index in [2.05, 4.69) is 46.8 Å². The van der Waals surface area contributed by atoms with Crippen LogP contribution in [-0.4, -0.2) is 93.9 Å². The van der Waals surface area contributed by atoms with Gasteiger partial charge in [-0.2, -0.15) is 0 Å². The van der Waals surface area contributed by atoms with Crippen LogP contribution in [0, 0.1) is 50.2 Å². The molecule has 0 aromatic heterocycles. The first-order valence-corrected chi connectivity index (χ1v) is 17.5. The molecular formula is C36H57O9-. The van der Waals surface area contributed by atoms with E-state index in [1.807, 2.05) is 6.92 Å². The summed E-state index contributed by atoms with van der Waals surface area (Å²) in [6, 6.07) is 0. The summed E-state index contributed by atoms with van der Waals surface area (Å²) in [5.41, 5.74) is -1.68. The molecule has 9 heteroatoms. The van der Waals surface area contributed by atoms with Gasteiger partial charge in [0, 0.05) is 28.5 Å². The summed E-state index contributed by atoms with van der Waals surface area (Å²) in [6.45, 7) is 13.9. The standard InChI is InChI=1S/C36H57O9/c1-30(2)13-14-35-19-43-36(23(35)15-30)12-8-22-31(3)10-9-25(45-28-27(41)26(40)20(17-37)44-29(28)42)32(4,18-38)21(31)7-11-33(22,5)34(36,6)16-24(35)39/h8,12,20-29,37-41H,7,9-11,13-19H2,1-6H3/q-1/t20-,21-,22-,23-,24?,25?,26-,27+,28-,29?,31+,32+,33-,34+,35-,36+/m1/s1. The highest BCUT2D eigenvalue weighted by molar-refractivity contribution is 5.36. The van der Waals surface area contributed by atoms with E-state index in [0.29, 0.717) is 13.0 Å². The summed E-state index contributed by atoms with van der Waals surface area (Å²) in [5, 5.41) is 66.8. The molecule has 45 heavy (non-hydrogen) atoms. The van der Waals surface area contributed by atoms with Crippen LogP contribution in [0.4, 0.5) is 0 Å². The van der Waals surface area contributed by atoms with E-state index in [0.717, 1.165) is 44.9 Å². The zero-order chi connectivity index (χ0) is 32.6. The van der Waals surface area contributed by atoms with Crippen molar-refractivity contribution in [1.82, 2.24) is 0 Å². The summed E-state index contributed by atoms with van der Waals surface area (Å²) in [5.74, 6) is 0.537. The van der Waals surface area contributed by atoms with E-state index in [1.54, 1.807) is 0 Å². The van der Waals surface area contributed by atoms with Crippen LogP contribution >= 0.6 is 0 Å². The topological polar surface area (TPSA) is 152 Å². The van der Waals surface area contributed by atoms with Gasteiger partial charge in [-0.1, -0.05) is 53.7 Å². The molecular weight excluding hydrogens is 576 g/mol. The van der Waals surface area contributed by atoms with Crippen LogP contribution in [0.25, 0.3) is 0 Å². The Kier molecular flexibility index (Phi) is 7.46. The Bertz CT molecular complexity index is 1210. The fourth-order valence-corrected chi connectivity index (χ4v) is 12.9. The highest BCUT2D eigenvalue weighted by Crippen LogP contribution is 2.79. The summed E-state index contributed by atoms with van der Waals surface area (Å²) in [7, 11) is 0. The second kappa shape index (κ2) is 10.2. The molecule has 6 fully saturated rings. The fourth-order valence-electron chi connectivity index (χ4n) is 12.9. The van der Waals surface area contributed by atoms with Crippen molar-refractivity contribution >= 4 is 0 Å². The van der Waals surface area contributed by atoms with Crippen molar-refractivity contribution in [3.05, 3.63) is 12.2 Å². The smallest absolute Gasteiger partial charge is 0.111 e. The Morgan fingerprint density at radius 2 is 1.62 bits per heavy atom. The minimum atomic E-state index is -1.76. The minimum absolute atomic E-state index is 0.0710. The Labute approximate surface area is 268 Å². The number of hydrogen-bond acceptors (Lipinski definition) is 9. The first-order chi connectivity index (χ1) is 21.0. The number of rotatable bonds is 4. The van der Waals surface area contributed by atoms with Gasteiger partial charge in [0.15, 0.2) is 0 Å². The van der Waals surface area contributed by atoms with Crippen LogP contribution in [-0.2, 0) is 14.2 Å². The van der Waals surface area contributed by atoms with Gasteiger partial charge in [0.05, 0.1) is 43.7 Å². The number of hydrogen-bond donors (Lipinski definition) is 5. The highest BCUT2D eigenvalue weighted by Gasteiger charge is 2.79. The summed E-state index contributed by atoms with van der Waals surface area (Å²) >= 11 is 0. The van der Waals surface area contributed by atoms with Crippen molar-refractivity contribution in [2.24, 2.45) is 50.2 Å². The SMILES string of the molecule is CC1(C)CC[C@]23CO[C@@]4(C=C[C@@H]5[C@@]6(C)CCC(O[C@H]7C([O-])O[C@H](CO)[C@@H](O)[C@@H]7O)[C@@](C)(CO)[C@@H]6CC[C@@]5(C)[C@]4(C)CC2O)[C@@H]3C1. The molecule has 256 valence electrons. The van der Waals surface area contributed by atoms with Gasteiger partial charge in [-0.3, -0.25) is 0 Å². The molecule has 2 bridgehead atoms. The molecule has 2 saturated heterocycles. The first kappa shape index (κ1) is 32.9. The van der Waals surface area contributed by atoms with Crippen molar-refractivity contribution in [1.29, 1.82) is 0 Å². The van der Waals surface area contributed by atoms with Crippen LogP contribution in [0.2, 0.25) is 0 Å². The maximum absolute atomic E-state index is 12.9. The minimum Gasteiger partial charge on any atom is -0.829 e. The molecule has 16 atom stereocenters. The lowest BCUT2D eigenvalue weighted by molar-refractivity contribution is -0.537. The van der Waals surface area contributed by atoms with Crippen molar-refractivity contribution < 1.29 is 44.8 Å². The molecule has 4 saturated carbocycles. The van der Waals surface area contributed by atoms with Crippen molar-refractivity contribution in [3.63, 3.8) is 0 Å². The van der Waals surface area contributed by atoms with Crippen LogP contribution in [0.1, 0.15) is 92.9 Å². The third-order valence-electron chi connectivity index (χ3n) is 15.8. The van der Waals surface area contributed by atoms with Crippen molar-refractivity contribution in [2.75, 3.05) is 19.8 Å². The Morgan fingerprint density at radius 3 is 2.31 bits per heavy atom. The lowest BCUT2D eigenvalue weighted by atomic mass is 9.32. The van der Waals surface area contributed by atoms with Gasteiger partial charge in [0.25, 0.3) is 0 Å². The molecule has 7 aliphatic rings. The Hall–Kier alpha value is -0.620. The van der Waals surface area contributed by atoms with Gasteiger partial charge in [-0.15, -0.1) is 0 Å². The summed E-state index contributed by atoms with van der Waals surface area (Å²) in [6.07, 6.45) is 3.87. The van der Waals surface area contributed by atoms with Gasteiger partial charge in [-0.25, -0.2) is 0 Å². The van der Waals surface area contributed by atoms with Crippen molar-refractivity contribution in [2.45, 2.75) is 141 Å². The Balaban J connectivity index is 1.22. The molecule has 7 rings (SSSR count). The van der Waals surface area contributed by atoms with Crippen LogP contribution in [0.15, 0.2) is 12.2 Å². The van der Waals surface area contributed by atoms with Crippen LogP contribution < -0.4 is 5.11 Å². The molecule has 1 spiro atoms. The molecule has 0 aromatic carbocycles. The third kappa shape index (κ3) is 3.99. The Morgan fingerprint density at radius 1 is 0.889 bits per heavy atom. The number of aliphatic hydroxyl groups is 5. The predicted molar refractivity (Wildman–Crippen MR) is 163 cm³/mol. The average Bonchev–Trinajstić information content (AvgIpc) is 3.26. The molecule has 2 heterocycles. The van der Waals surface area contributed by atoms with E-state index < -0.39 is 60.5 Å². The third-order valence-corrected chi connectivity index (χ3v) is 15.8. The zero-order valence-corrected chi connectivity index (χ0v) is 28.1. The second-order valence-electron chi connectivity index (χ2n) is 18.1. The van der Waals surface area contributed by atoms with Gasteiger partial charge in [0.2, 0.25) is 0 Å². The van der Waals surface area contributed by atoms with Crippen LogP contribution in [0.5, 0.6) is 0 Å². The summed E-state index contributed by atoms with van der Waals surface area (Å²) in [4.78, 5) is 0. The first-order valence-electron chi connectivity index (χ1n) is 17.5. The lowest BCUT2D eigenvalue weighted by Gasteiger charge is -2.73. The lowest BCUT2D eigenvalue weighted by Crippen LogP contribution is -2.72. The van der Waals surface area contributed by atoms with Gasteiger partial charge in [-0.05, 0) is 79.4 Å². The number of fused-ring (bicyclic) bond motifs is 4.